The zero-order valence-electron chi connectivity index (χ0n) is 12.9. The van der Waals surface area contributed by atoms with Gasteiger partial charge in [-0.05, 0) is 38.2 Å². The molecule has 4 rings (SSSR count). The van der Waals surface area contributed by atoms with Crippen LogP contribution in [0.15, 0.2) is 36.5 Å². The zero-order valence-corrected chi connectivity index (χ0v) is 12.9. The van der Waals surface area contributed by atoms with Gasteiger partial charge in [0.1, 0.15) is 5.82 Å². The molecule has 1 aliphatic heterocycles. The molecule has 2 aromatic rings. The van der Waals surface area contributed by atoms with Gasteiger partial charge in [0.25, 0.3) is 0 Å². The van der Waals surface area contributed by atoms with Gasteiger partial charge in [0.05, 0.1) is 11.5 Å². The highest BCUT2D eigenvalue weighted by molar-refractivity contribution is 5.91. The first kappa shape index (κ1) is 13.6. The van der Waals surface area contributed by atoms with E-state index in [0.717, 1.165) is 43.7 Å². The smallest absolute Gasteiger partial charge is 0.233 e. The Labute approximate surface area is 130 Å². The molecule has 114 valence electrons. The highest BCUT2D eigenvalue weighted by atomic mass is 16.2. The van der Waals surface area contributed by atoms with Crippen LogP contribution >= 0.6 is 0 Å². The number of aromatic amines is 1. The van der Waals surface area contributed by atoms with Gasteiger partial charge in [-0.1, -0.05) is 30.3 Å². The zero-order chi connectivity index (χ0) is 15.2. The molecule has 4 heteroatoms. The average molecular weight is 295 g/mol. The van der Waals surface area contributed by atoms with Crippen molar-refractivity contribution in [3.63, 3.8) is 0 Å². The molecule has 0 radical (unpaired) electrons. The van der Waals surface area contributed by atoms with Crippen LogP contribution in [0.25, 0.3) is 0 Å². The van der Waals surface area contributed by atoms with Crippen molar-refractivity contribution in [1.29, 1.82) is 0 Å². The quantitative estimate of drug-likeness (QED) is 0.946. The molecule has 0 unspecified atom stereocenters. The Morgan fingerprint density at radius 2 is 2.09 bits per heavy atom. The highest BCUT2D eigenvalue weighted by Gasteiger charge is 2.54. The van der Waals surface area contributed by atoms with Crippen molar-refractivity contribution in [2.75, 3.05) is 6.54 Å². The van der Waals surface area contributed by atoms with E-state index < -0.39 is 0 Å². The van der Waals surface area contributed by atoms with Gasteiger partial charge in [-0.15, -0.1) is 0 Å². The topological polar surface area (TPSA) is 49.0 Å². The van der Waals surface area contributed by atoms with Gasteiger partial charge >= 0.3 is 0 Å². The Bertz CT molecular complexity index is 687. The van der Waals surface area contributed by atoms with Gasteiger partial charge in [-0.3, -0.25) is 4.79 Å². The summed E-state index contributed by atoms with van der Waals surface area (Å²) in [5.74, 6) is 1.22. The lowest BCUT2D eigenvalue weighted by molar-refractivity contribution is -0.135. The van der Waals surface area contributed by atoms with E-state index in [1.54, 1.807) is 0 Å². The van der Waals surface area contributed by atoms with Crippen molar-refractivity contribution in [1.82, 2.24) is 14.9 Å². The molecule has 1 aliphatic carbocycles. The van der Waals surface area contributed by atoms with Crippen molar-refractivity contribution in [3.05, 3.63) is 53.6 Å². The number of imidazole rings is 1. The Morgan fingerprint density at radius 1 is 1.32 bits per heavy atom. The van der Waals surface area contributed by atoms with Crippen LogP contribution in [0.3, 0.4) is 0 Å². The maximum absolute atomic E-state index is 13.2. The van der Waals surface area contributed by atoms with Crippen LogP contribution in [-0.2, 0) is 10.2 Å². The highest BCUT2D eigenvalue weighted by Crippen LogP contribution is 2.51. The summed E-state index contributed by atoms with van der Waals surface area (Å²) < 4.78 is 0. The first-order chi connectivity index (χ1) is 10.7. The number of carbonyl (C=O) groups excluding carboxylic acids is 1. The van der Waals surface area contributed by atoms with Gasteiger partial charge in [0.2, 0.25) is 5.91 Å². The number of aromatic nitrogens is 2. The second-order valence-corrected chi connectivity index (χ2v) is 6.56. The van der Waals surface area contributed by atoms with Gasteiger partial charge < -0.3 is 9.88 Å². The van der Waals surface area contributed by atoms with Crippen LogP contribution in [0.5, 0.6) is 0 Å². The third-order valence-corrected chi connectivity index (χ3v) is 5.04. The molecule has 2 aliphatic rings. The summed E-state index contributed by atoms with van der Waals surface area (Å²) in [6.07, 6.45) is 5.84. The van der Waals surface area contributed by atoms with Gasteiger partial charge in [-0.2, -0.15) is 0 Å². The lowest BCUT2D eigenvalue weighted by Crippen LogP contribution is -2.39. The molecule has 0 bridgehead atoms. The number of rotatable bonds is 3. The Balaban J connectivity index is 1.62. The lowest BCUT2D eigenvalue weighted by atomic mass is 9.94. The van der Waals surface area contributed by atoms with Crippen molar-refractivity contribution < 1.29 is 4.79 Å². The lowest BCUT2D eigenvalue weighted by Gasteiger charge is -2.28. The summed E-state index contributed by atoms with van der Waals surface area (Å²) in [5.41, 5.74) is 1.95. The SMILES string of the molecule is Cc1cnc([C@H]2CCCN2C(=O)C2(c3ccccc3)CC2)[nH]1. The minimum Gasteiger partial charge on any atom is -0.344 e. The number of carbonyl (C=O) groups is 1. The van der Waals surface area contributed by atoms with Crippen LogP contribution in [0.2, 0.25) is 0 Å². The predicted octanol–water partition coefficient (Wildman–Crippen LogP) is 3.11. The molecular formula is C18H21N3O. The van der Waals surface area contributed by atoms with Crippen LogP contribution in [0.4, 0.5) is 0 Å². The molecule has 1 aromatic heterocycles. The van der Waals surface area contributed by atoms with Gasteiger partial charge in [0, 0.05) is 18.4 Å². The summed E-state index contributed by atoms with van der Waals surface area (Å²) in [6.45, 7) is 2.85. The van der Waals surface area contributed by atoms with Crippen molar-refractivity contribution in [2.45, 2.75) is 44.1 Å². The molecule has 2 fully saturated rings. The van der Waals surface area contributed by atoms with E-state index in [1.807, 2.05) is 31.3 Å². The number of amides is 1. The number of likely N-dealkylation sites (tertiary alicyclic amines) is 1. The van der Waals surface area contributed by atoms with Crippen molar-refractivity contribution in [2.24, 2.45) is 0 Å². The third-order valence-electron chi connectivity index (χ3n) is 5.04. The summed E-state index contributed by atoms with van der Waals surface area (Å²) in [6, 6.07) is 10.4. The van der Waals surface area contributed by atoms with Crippen LogP contribution < -0.4 is 0 Å². The number of aryl methyl sites for hydroxylation is 1. The second kappa shape index (κ2) is 4.97. The van der Waals surface area contributed by atoms with E-state index in [2.05, 4.69) is 27.0 Å². The number of hydrogen-bond acceptors (Lipinski definition) is 2. The fourth-order valence-electron chi connectivity index (χ4n) is 3.68. The minimum absolute atomic E-state index is 0.113. The Morgan fingerprint density at radius 3 is 2.73 bits per heavy atom. The van der Waals surface area contributed by atoms with E-state index in [0.29, 0.717) is 0 Å². The van der Waals surface area contributed by atoms with E-state index in [1.165, 1.54) is 5.56 Å². The summed E-state index contributed by atoms with van der Waals surface area (Å²) in [4.78, 5) is 23.0. The Hall–Kier alpha value is -2.10. The molecule has 4 nitrogen and oxygen atoms in total. The van der Waals surface area contributed by atoms with E-state index in [9.17, 15) is 4.79 Å². The number of benzene rings is 1. The average Bonchev–Trinajstić information content (AvgIpc) is 3.01. The second-order valence-electron chi connectivity index (χ2n) is 6.56. The predicted molar refractivity (Wildman–Crippen MR) is 84.4 cm³/mol. The van der Waals surface area contributed by atoms with Crippen molar-refractivity contribution >= 4 is 5.91 Å². The van der Waals surface area contributed by atoms with E-state index in [4.69, 9.17) is 0 Å². The molecule has 1 atom stereocenters. The van der Waals surface area contributed by atoms with E-state index >= 15 is 0 Å². The monoisotopic (exact) mass is 295 g/mol. The molecular weight excluding hydrogens is 274 g/mol. The summed E-state index contributed by atoms with van der Waals surface area (Å²) >= 11 is 0. The molecule has 1 saturated carbocycles. The maximum atomic E-state index is 13.2. The minimum atomic E-state index is -0.272. The first-order valence-corrected chi connectivity index (χ1v) is 8.09. The van der Waals surface area contributed by atoms with Crippen LogP contribution in [-0.4, -0.2) is 27.3 Å². The fourth-order valence-corrected chi connectivity index (χ4v) is 3.68. The number of nitrogens with one attached hydrogen (secondary N) is 1. The molecule has 1 aromatic carbocycles. The molecule has 22 heavy (non-hydrogen) atoms. The maximum Gasteiger partial charge on any atom is 0.233 e. The molecule has 2 heterocycles. The summed E-state index contributed by atoms with van der Waals surface area (Å²) in [7, 11) is 0. The molecule has 1 amide bonds. The summed E-state index contributed by atoms with van der Waals surface area (Å²) in [5, 5.41) is 0. The first-order valence-electron chi connectivity index (χ1n) is 8.09. The van der Waals surface area contributed by atoms with E-state index in [-0.39, 0.29) is 17.4 Å². The third kappa shape index (κ3) is 2.05. The number of hydrogen-bond donors (Lipinski definition) is 1. The Kier molecular flexibility index (Phi) is 3.06. The van der Waals surface area contributed by atoms with Crippen LogP contribution in [0.1, 0.15) is 48.8 Å². The number of H-pyrrole nitrogens is 1. The molecule has 1 N–H and O–H groups in total. The van der Waals surface area contributed by atoms with Gasteiger partial charge in [-0.25, -0.2) is 4.98 Å². The van der Waals surface area contributed by atoms with Crippen molar-refractivity contribution in [3.8, 4) is 0 Å². The molecule has 0 spiro atoms. The molecule has 1 saturated heterocycles. The van der Waals surface area contributed by atoms with Crippen LogP contribution in [0, 0.1) is 6.92 Å². The number of nitrogens with zero attached hydrogens (tertiary/aromatic N) is 2. The van der Waals surface area contributed by atoms with Gasteiger partial charge in [0.15, 0.2) is 0 Å². The normalized spacial score (nSPS) is 22.8. The fraction of sp³-hybridized carbons (Fsp3) is 0.444. The standard InChI is InChI=1S/C18H21N3O/c1-13-12-19-16(20-13)15-8-5-11-21(15)17(22)18(9-10-18)14-6-3-2-4-7-14/h2-4,6-7,12,15H,5,8-11H2,1H3,(H,19,20)/t15-/m1/s1. The largest absolute Gasteiger partial charge is 0.344 e.